The minimum Gasteiger partial charge on any atom is -0.482 e. The number of Topliss-reactive ketones (excluding diaryl/α,β-unsaturated/α-hetero) is 1. The first-order valence-corrected chi connectivity index (χ1v) is 7.75. The Bertz CT molecular complexity index is 618. The highest BCUT2D eigenvalue weighted by Gasteiger charge is 2.56. The molecule has 0 saturated heterocycles. The van der Waals surface area contributed by atoms with Crippen LogP contribution in [0, 0.1) is 17.8 Å². The molecule has 2 aliphatic carbocycles. The van der Waals surface area contributed by atoms with Gasteiger partial charge in [0.05, 0.1) is 5.69 Å². The summed E-state index contributed by atoms with van der Waals surface area (Å²) in [6.07, 6.45) is 3.64. The van der Waals surface area contributed by atoms with Crippen LogP contribution in [0.1, 0.15) is 29.6 Å². The number of carbonyl (C=O) groups excluding carboxylic acids is 2. The van der Waals surface area contributed by atoms with Crippen LogP contribution in [0.15, 0.2) is 16.6 Å². The van der Waals surface area contributed by atoms with Gasteiger partial charge in [0.1, 0.15) is 5.75 Å². The van der Waals surface area contributed by atoms with Gasteiger partial charge in [0.25, 0.3) is 5.91 Å². The molecule has 2 atom stereocenters. The van der Waals surface area contributed by atoms with Gasteiger partial charge in [-0.1, -0.05) is 6.42 Å². The molecule has 20 heavy (non-hydrogen) atoms. The van der Waals surface area contributed by atoms with Gasteiger partial charge in [-0.25, -0.2) is 0 Å². The maximum Gasteiger partial charge on any atom is 0.262 e. The summed E-state index contributed by atoms with van der Waals surface area (Å²) in [5.74, 6) is 2.05. The molecule has 0 aromatic heterocycles. The van der Waals surface area contributed by atoms with E-state index in [-0.39, 0.29) is 24.2 Å². The zero-order valence-electron chi connectivity index (χ0n) is 10.8. The molecule has 1 aromatic carbocycles. The molecule has 4 nitrogen and oxygen atoms in total. The zero-order valence-corrected chi connectivity index (χ0v) is 12.4. The number of halogens is 1. The van der Waals surface area contributed by atoms with Crippen molar-refractivity contribution in [3.63, 3.8) is 0 Å². The number of amides is 1. The number of nitrogens with one attached hydrogen (secondary N) is 1. The monoisotopic (exact) mass is 335 g/mol. The molecule has 0 radical (unpaired) electrons. The molecule has 2 unspecified atom stereocenters. The lowest BCUT2D eigenvalue weighted by Gasteiger charge is -2.19. The molecule has 0 bridgehead atoms. The lowest BCUT2D eigenvalue weighted by molar-refractivity contribution is -0.118. The van der Waals surface area contributed by atoms with Crippen LogP contribution < -0.4 is 10.1 Å². The third kappa shape index (κ3) is 1.79. The van der Waals surface area contributed by atoms with Crippen molar-refractivity contribution < 1.29 is 14.3 Å². The largest absolute Gasteiger partial charge is 0.482 e. The standard InChI is InChI=1S/C15H14BrNO3/c16-10-5-11-12(20-6-13(18)17-11)4-9(10)15(19)14-7-2-1-3-8(7)14/h4-5,7-8,14H,1-3,6H2,(H,17,18). The molecule has 1 N–H and O–H groups in total. The van der Waals surface area contributed by atoms with Crippen molar-refractivity contribution in [2.75, 3.05) is 11.9 Å². The second-order valence-electron chi connectivity index (χ2n) is 5.81. The molecule has 2 fully saturated rings. The normalized spacial score (nSPS) is 30.1. The summed E-state index contributed by atoms with van der Waals surface area (Å²) in [7, 11) is 0. The average molecular weight is 336 g/mol. The Hall–Kier alpha value is -1.36. The SMILES string of the molecule is O=C1COc2cc(C(=O)C3C4CCCC43)c(Br)cc2N1. The van der Waals surface area contributed by atoms with E-state index < -0.39 is 0 Å². The lowest BCUT2D eigenvalue weighted by atomic mass is 10.0. The molecule has 1 amide bonds. The summed E-state index contributed by atoms with van der Waals surface area (Å²) < 4.78 is 6.12. The maximum atomic E-state index is 12.6. The number of fused-ring (bicyclic) bond motifs is 2. The molecular formula is C15H14BrNO3. The number of anilines is 1. The van der Waals surface area contributed by atoms with E-state index in [0.717, 1.165) is 4.47 Å². The Labute approximate surface area is 125 Å². The predicted octanol–water partition coefficient (Wildman–Crippen LogP) is 3.01. The van der Waals surface area contributed by atoms with Crippen LogP contribution in [0.4, 0.5) is 5.69 Å². The van der Waals surface area contributed by atoms with Gasteiger partial charge in [-0.3, -0.25) is 9.59 Å². The Morgan fingerprint density at radius 2 is 2.05 bits per heavy atom. The average Bonchev–Trinajstić information content (AvgIpc) is 2.90. The van der Waals surface area contributed by atoms with Crippen LogP contribution in [-0.2, 0) is 4.79 Å². The van der Waals surface area contributed by atoms with Gasteiger partial charge in [0, 0.05) is 16.0 Å². The quantitative estimate of drug-likeness (QED) is 0.845. The molecule has 1 aliphatic heterocycles. The van der Waals surface area contributed by atoms with Gasteiger partial charge in [-0.05, 0) is 52.7 Å². The zero-order chi connectivity index (χ0) is 13.9. The minimum absolute atomic E-state index is 0.0109. The molecule has 4 rings (SSSR count). The summed E-state index contributed by atoms with van der Waals surface area (Å²) in [6.45, 7) is 0.0109. The van der Waals surface area contributed by atoms with Crippen molar-refractivity contribution in [2.45, 2.75) is 19.3 Å². The van der Waals surface area contributed by atoms with E-state index in [0.29, 0.717) is 28.8 Å². The van der Waals surface area contributed by atoms with Crippen molar-refractivity contribution >= 4 is 33.3 Å². The van der Waals surface area contributed by atoms with E-state index in [1.807, 2.05) is 0 Å². The Morgan fingerprint density at radius 3 is 2.80 bits per heavy atom. The maximum absolute atomic E-state index is 12.6. The third-order valence-corrected chi connectivity index (χ3v) is 5.33. The van der Waals surface area contributed by atoms with Crippen LogP contribution in [0.2, 0.25) is 0 Å². The van der Waals surface area contributed by atoms with Gasteiger partial charge in [-0.2, -0.15) is 0 Å². The molecule has 1 aromatic rings. The highest BCUT2D eigenvalue weighted by Crippen LogP contribution is 2.59. The van der Waals surface area contributed by atoms with E-state index in [1.54, 1.807) is 12.1 Å². The van der Waals surface area contributed by atoms with E-state index >= 15 is 0 Å². The highest BCUT2D eigenvalue weighted by atomic mass is 79.9. The van der Waals surface area contributed by atoms with Gasteiger partial charge < -0.3 is 10.1 Å². The highest BCUT2D eigenvalue weighted by molar-refractivity contribution is 9.10. The van der Waals surface area contributed by atoms with E-state index in [1.165, 1.54) is 19.3 Å². The van der Waals surface area contributed by atoms with E-state index in [2.05, 4.69) is 21.2 Å². The first-order valence-electron chi connectivity index (χ1n) is 6.95. The van der Waals surface area contributed by atoms with Crippen LogP contribution in [0.25, 0.3) is 0 Å². The Kier molecular flexibility index (Phi) is 2.67. The smallest absolute Gasteiger partial charge is 0.262 e. The molecule has 1 heterocycles. The second kappa shape index (κ2) is 4.32. The van der Waals surface area contributed by atoms with Gasteiger partial charge in [-0.15, -0.1) is 0 Å². The van der Waals surface area contributed by atoms with Gasteiger partial charge in [0.2, 0.25) is 0 Å². The first-order chi connectivity index (χ1) is 9.65. The van der Waals surface area contributed by atoms with Crippen molar-refractivity contribution in [1.82, 2.24) is 0 Å². The molecule has 5 heteroatoms. The van der Waals surface area contributed by atoms with Gasteiger partial charge >= 0.3 is 0 Å². The molecular weight excluding hydrogens is 322 g/mol. The number of hydrogen-bond acceptors (Lipinski definition) is 3. The fraction of sp³-hybridized carbons (Fsp3) is 0.467. The summed E-state index contributed by atoms with van der Waals surface area (Å²) in [4.78, 5) is 23.9. The number of ether oxygens (including phenoxy) is 1. The summed E-state index contributed by atoms with van der Waals surface area (Å²) in [6, 6.07) is 3.52. The number of benzene rings is 1. The summed E-state index contributed by atoms with van der Waals surface area (Å²) in [5, 5.41) is 2.75. The number of carbonyl (C=O) groups is 2. The first kappa shape index (κ1) is 12.4. The summed E-state index contributed by atoms with van der Waals surface area (Å²) >= 11 is 3.44. The van der Waals surface area contributed by atoms with Crippen molar-refractivity contribution in [2.24, 2.45) is 17.8 Å². The number of hydrogen-bond donors (Lipinski definition) is 1. The summed E-state index contributed by atoms with van der Waals surface area (Å²) in [5.41, 5.74) is 1.31. The predicted molar refractivity (Wildman–Crippen MR) is 76.9 cm³/mol. The number of ketones is 1. The number of rotatable bonds is 2. The second-order valence-corrected chi connectivity index (χ2v) is 6.67. The fourth-order valence-corrected chi connectivity index (χ4v) is 4.22. The molecule has 104 valence electrons. The van der Waals surface area contributed by atoms with Gasteiger partial charge in [0.15, 0.2) is 12.4 Å². The van der Waals surface area contributed by atoms with Crippen LogP contribution in [0.3, 0.4) is 0 Å². The topological polar surface area (TPSA) is 55.4 Å². The van der Waals surface area contributed by atoms with Crippen molar-refractivity contribution in [3.8, 4) is 5.75 Å². The van der Waals surface area contributed by atoms with Crippen molar-refractivity contribution in [3.05, 3.63) is 22.2 Å². The van der Waals surface area contributed by atoms with Crippen LogP contribution in [0.5, 0.6) is 5.75 Å². The molecule has 0 spiro atoms. The third-order valence-electron chi connectivity index (χ3n) is 4.68. The van der Waals surface area contributed by atoms with E-state index in [4.69, 9.17) is 4.74 Å². The molecule has 3 aliphatic rings. The Morgan fingerprint density at radius 1 is 1.30 bits per heavy atom. The van der Waals surface area contributed by atoms with E-state index in [9.17, 15) is 9.59 Å². The Balaban J connectivity index is 1.65. The lowest BCUT2D eigenvalue weighted by Crippen LogP contribution is -2.25. The van der Waals surface area contributed by atoms with Crippen LogP contribution in [-0.4, -0.2) is 18.3 Å². The van der Waals surface area contributed by atoms with Crippen molar-refractivity contribution in [1.29, 1.82) is 0 Å². The minimum atomic E-state index is -0.166. The molecule has 2 saturated carbocycles. The van der Waals surface area contributed by atoms with Crippen LogP contribution >= 0.6 is 15.9 Å². The fourth-order valence-electron chi connectivity index (χ4n) is 3.68.